The Morgan fingerprint density at radius 2 is 1.82 bits per heavy atom. The van der Waals surface area contributed by atoms with Crippen LogP contribution in [-0.4, -0.2) is 28.2 Å². The molecule has 1 N–H and O–H groups in total. The zero-order valence-electron chi connectivity index (χ0n) is 13.7. The van der Waals surface area contributed by atoms with Crippen molar-refractivity contribution in [1.82, 2.24) is 15.4 Å². The Kier molecular flexibility index (Phi) is 5.87. The molecule has 124 valence electrons. The maximum Gasteiger partial charge on any atom is 0.426 e. The predicted octanol–water partition coefficient (Wildman–Crippen LogP) is 4.08. The number of rotatable bonds is 3. The standard InChI is InChI=1S/C14H22Cl2N4O2/c1-13(2,3)8-20(19-12(21)22-14(4,5)6)10-7-9(15)17-11(16)18-10/h7H,8H2,1-6H3,(H,19,21). The van der Waals surface area contributed by atoms with E-state index < -0.39 is 11.7 Å². The van der Waals surface area contributed by atoms with Gasteiger partial charge in [-0.15, -0.1) is 0 Å². The fourth-order valence-electron chi connectivity index (χ4n) is 1.58. The Morgan fingerprint density at radius 1 is 1.23 bits per heavy atom. The number of anilines is 1. The van der Waals surface area contributed by atoms with Crippen molar-refractivity contribution < 1.29 is 9.53 Å². The monoisotopic (exact) mass is 348 g/mol. The summed E-state index contributed by atoms with van der Waals surface area (Å²) in [5.41, 5.74) is 1.95. The summed E-state index contributed by atoms with van der Waals surface area (Å²) < 4.78 is 5.26. The third-order valence-electron chi connectivity index (χ3n) is 2.19. The van der Waals surface area contributed by atoms with Crippen LogP contribution in [0.2, 0.25) is 10.4 Å². The molecular weight excluding hydrogens is 327 g/mol. The molecule has 0 aliphatic heterocycles. The van der Waals surface area contributed by atoms with Crippen LogP contribution in [0.1, 0.15) is 41.5 Å². The minimum atomic E-state index is -0.599. The highest BCUT2D eigenvalue weighted by molar-refractivity contribution is 6.32. The van der Waals surface area contributed by atoms with Gasteiger partial charge in [0.15, 0.2) is 5.82 Å². The molecule has 22 heavy (non-hydrogen) atoms. The summed E-state index contributed by atoms with van der Waals surface area (Å²) in [6.45, 7) is 11.9. The van der Waals surface area contributed by atoms with E-state index in [-0.39, 0.29) is 15.9 Å². The average molecular weight is 349 g/mol. The third kappa shape index (κ3) is 7.13. The summed E-state index contributed by atoms with van der Waals surface area (Å²) in [5, 5.41) is 1.75. The Hall–Kier alpha value is -1.27. The zero-order valence-corrected chi connectivity index (χ0v) is 15.2. The molecule has 6 nitrogen and oxygen atoms in total. The van der Waals surface area contributed by atoms with Gasteiger partial charge in [-0.05, 0) is 37.8 Å². The second-order valence-electron chi connectivity index (χ2n) is 7.08. The molecule has 1 aromatic heterocycles. The quantitative estimate of drug-likeness (QED) is 0.506. The molecule has 1 amide bonds. The van der Waals surface area contributed by atoms with Crippen molar-refractivity contribution in [2.75, 3.05) is 11.6 Å². The van der Waals surface area contributed by atoms with E-state index in [1.807, 2.05) is 20.8 Å². The second kappa shape index (κ2) is 6.87. The summed E-state index contributed by atoms with van der Waals surface area (Å²) in [6, 6.07) is 1.52. The van der Waals surface area contributed by atoms with E-state index >= 15 is 0 Å². The minimum absolute atomic E-state index is 0.00685. The first-order valence-corrected chi connectivity index (χ1v) is 7.59. The number of halogens is 2. The number of hydrogen-bond donors (Lipinski definition) is 1. The van der Waals surface area contributed by atoms with Crippen molar-refractivity contribution in [2.45, 2.75) is 47.1 Å². The summed E-state index contributed by atoms with van der Waals surface area (Å²) in [7, 11) is 0. The van der Waals surface area contributed by atoms with Crippen molar-refractivity contribution >= 4 is 35.1 Å². The molecule has 0 aliphatic rings. The van der Waals surface area contributed by atoms with Gasteiger partial charge in [0.2, 0.25) is 5.28 Å². The summed E-state index contributed by atoms with van der Waals surface area (Å²) >= 11 is 11.7. The molecule has 8 heteroatoms. The first-order valence-electron chi connectivity index (χ1n) is 6.83. The molecule has 1 heterocycles. The van der Waals surface area contributed by atoms with Gasteiger partial charge in [-0.25, -0.2) is 15.2 Å². The first-order chi connectivity index (χ1) is 9.85. The maximum absolute atomic E-state index is 12.0. The van der Waals surface area contributed by atoms with E-state index in [1.54, 1.807) is 25.8 Å². The summed E-state index contributed by atoms with van der Waals surface area (Å²) in [6.07, 6.45) is -0.581. The number of carbonyl (C=O) groups excluding carboxylic acids is 1. The Bertz CT molecular complexity index is 518. The SMILES string of the molecule is CC(C)(C)CN(NC(=O)OC(C)(C)C)c1cc(Cl)nc(Cl)n1. The van der Waals surface area contributed by atoms with Crippen LogP contribution in [0.15, 0.2) is 6.07 Å². The van der Waals surface area contributed by atoms with Crippen LogP contribution in [0.5, 0.6) is 0 Å². The number of hydrogen-bond acceptors (Lipinski definition) is 5. The van der Waals surface area contributed by atoms with Gasteiger partial charge in [0, 0.05) is 12.6 Å². The zero-order chi connectivity index (χ0) is 17.1. The highest BCUT2D eigenvalue weighted by atomic mass is 35.5. The Morgan fingerprint density at radius 3 is 2.27 bits per heavy atom. The number of nitrogens with one attached hydrogen (secondary N) is 1. The maximum atomic E-state index is 12.0. The molecule has 0 saturated heterocycles. The van der Waals surface area contributed by atoms with Gasteiger partial charge < -0.3 is 4.74 Å². The first kappa shape index (κ1) is 18.8. The number of amides is 1. The lowest BCUT2D eigenvalue weighted by Crippen LogP contribution is -2.48. The van der Waals surface area contributed by atoms with E-state index in [0.717, 1.165) is 0 Å². The molecule has 0 fully saturated rings. The molecule has 0 unspecified atom stereocenters. The highest BCUT2D eigenvalue weighted by Gasteiger charge is 2.23. The number of nitrogens with zero attached hydrogens (tertiary/aromatic N) is 3. The van der Waals surface area contributed by atoms with Crippen LogP contribution >= 0.6 is 23.2 Å². The van der Waals surface area contributed by atoms with E-state index in [1.165, 1.54) is 6.07 Å². The van der Waals surface area contributed by atoms with E-state index in [4.69, 9.17) is 27.9 Å². The predicted molar refractivity (Wildman–Crippen MR) is 88.2 cm³/mol. The van der Waals surface area contributed by atoms with Crippen molar-refractivity contribution in [3.8, 4) is 0 Å². The molecule has 0 spiro atoms. The van der Waals surface area contributed by atoms with E-state index in [2.05, 4.69) is 15.4 Å². The Balaban J connectivity index is 3.00. The van der Waals surface area contributed by atoms with Crippen LogP contribution in [0.3, 0.4) is 0 Å². The molecule has 0 saturated carbocycles. The molecule has 0 bridgehead atoms. The lowest BCUT2D eigenvalue weighted by atomic mass is 9.97. The lowest BCUT2D eigenvalue weighted by molar-refractivity contribution is 0.0516. The van der Waals surface area contributed by atoms with E-state index in [0.29, 0.717) is 12.4 Å². The molecule has 0 radical (unpaired) electrons. The summed E-state index contributed by atoms with van der Waals surface area (Å²) in [4.78, 5) is 19.9. The van der Waals surface area contributed by atoms with E-state index in [9.17, 15) is 4.79 Å². The van der Waals surface area contributed by atoms with Crippen LogP contribution in [-0.2, 0) is 4.74 Å². The molecule has 0 aliphatic carbocycles. The number of ether oxygens (including phenoxy) is 1. The number of carbonyl (C=O) groups is 1. The molecule has 0 atom stereocenters. The molecule has 0 aromatic carbocycles. The van der Waals surface area contributed by atoms with Gasteiger partial charge in [0.05, 0.1) is 0 Å². The lowest BCUT2D eigenvalue weighted by Gasteiger charge is -2.31. The summed E-state index contributed by atoms with van der Waals surface area (Å²) in [5.74, 6) is 0.394. The minimum Gasteiger partial charge on any atom is -0.443 e. The normalized spacial score (nSPS) is 12.0. The van der Waals surface area contributed by atoms with Gasteiger partial charge in [-0.3, -0.25) is 5.01 Å². The fraction of sp³-hybridized carbons (Fsp3) is 0.643. The Labute approximate surface area is 141 Å². The number of aromatic nitrogens is 2. The van der Waals surface area contributed by atoms with Crippen molar-refractivity contribution in [1.29, 1.82) is 0 Å². The van der Waals surface area contributed by atoms with Crippen LogP contribution in [0.4, 0.5) is 10.6 Å². The number of hydrazine groups is 1. The highest BCUT2D eigenvalue weighted by Crippen LogP contribution is 2.22. The van der Waals surface area contributed by atoms with Crippen LogP contribution < -0.4 is 10.4 Å². The van der Waals surface area contributed by atoms with Gasteiger partial charge >= 0.3 is 6.09 Å². The molecular formula is C14H22Cl2N4O2. The van der Waals surface area contributed by atoms with Gasteiger partial charge in [0.25, 0.3) is 0 Å². The van der Waals surface area contributed by atoms with Crippen molar-refractivity contribution in [2.24, 2.45) is 5.41 Å². The van der Waals surface area contributed by atoms with Gasteiger partial charge in [-0.1, -0.05) is 32.4 Å². The van der Waals surface area contributed by atoms with Crippen molar-refractivity contribution in [3.05, 3.63) is 16.5 Å². The fourth-order valence-corrected chi connectivity index (χ4v) is 1.98. The average Bonchev–Trinajstić information content (AvgIpc) is 2.21. The largest absolute Gasteiger partial charge is 0.443 e. The third-order valence-corrected chi connectivity index (χ3v) is 2.55. The van der Waals surface area contributed by atoms with Crippen molar-refractivity contribution in [3.63, 3.8) is 0 Å². The van der Waals surface area contributed by atoms with Crippen LogP contribution in [0, 0.1) is 5.41 Å². The second-order valence-corrected chi connectivity index (χ2v) is 7.80. The van der Waals surface area contributed by atoms with Gasteiger partial charge in [-0.2, -0.15) is 4.98 Å². The topological polar surface area (TPSA) is 67.4 Å². The molecule has 1 rings (SSSR count). The van der Waals surface area contributed by atoms with Gasteiger partial charge in [0.1, 0.15) is 10.8 Å². The smallest absolute Gasteiger partial charge is 0.426 e. The van der Waals surface area contributed by atoms with Crippen LogP contribution in [0.25, 0.3) is 0 Å². The molecule has 1 aromatic rings.